The number of hydrogen-bond donors (Lipinski definition) is 0. The third-order valence-electron chi connectivity index (χ3n) is 2.41. The first kappa shape index (κ1) is 10.1. The van der Waals surface area contributed by atoms with Crippen LogP contribution in [0.1, 0.15) is 22.8 Å². The summed E-state index contributed by atoms with van der Waals surface area (Å²) in [6.45, 7) is 3.46. The Balaban J connectivity index is 2.83. The number of hydrogen-bond acceptors (Lipinski definition) is 2. The van der Waals surface area contributed by atoms with Gasteiger partial charge in [0.1, 0.15) is 0 Å². The van der Waals surface area contributed by atoms with Gasteiger partial charge in [-0.05, 0) is 37.6 Å². The standard InChI is InChI=1S/C12H10ClNO/c1-7-5-12-10(6-9(7)8(2)15)11(13)3-4-14-12/h3-6H,1-2H3. The minimum atomic E-state index is 0.0503. The maximum absolute atomic E-state index is 11.4. The number of pyridine rings is 1. The molecule has 1 aromatic carbocycles. The van der Waals surface area contributed by atoms with E-state index < -0.39 is 0 Å². The van der Waals surface area contributed by atoms with Crippen molar-refractivity contribution in [1.29, 1.82) is 0 Å². The Morgan fingerprint density at radius 3 is 2.80 bits per heavy atom. The highest BCUT2D eigenvalue weighted by Gasteiger charge is 2.08. The first-order valence-corrected chi connectivity index (χ1v) is 5.03. The molecule has 0 aliphatic rings. The van der Waals surface area contributed by atoms with Crippen molar-refractivity contribution >= 4 is 28.3 Å². The average molecular weight is 220 g/mol. The molecule has 0 saturated carbocycles. The highest BCUT2D eigenvalue weighted by Crippen LogP contribution is 2.24. The zero-order valence-electron chi connectivity index (χ0n) is 8.54. The van der Waals surface area contributed by atoms with Crippen LogP contribution in [0, 0.1) is 6.92 Å². The Morgan fingerprint density at radius 1 is 1.40 bits per heavy atom. The predicted molar refractivity (Wildman–Crippen MR) is 61.5 cm³/mol. The van der Waals surface area contributed by atoms with Crippen molar-refractivity contribution in [2.45, 2.75) is 13.8 Å². The number of halogens is 1. The van der Waals surface area contributed by atoms with Gasteiger partial charge in [0.2, 0.25) is 0 Å². The summed E-state index contributed by atoms with van der Waals surface area (Å²) < 4.78 is 0. The Hall–Kier alpha value is -1.41. The lowest BCUT2D eigenvalue weighted by Gasteiger charge is -2.05. The number of aromatic nitrogens is 1. The molecule has 0 saturated heterocycles. The smallest absolute Gasteiger partial charge is 0.160 e. The molecule has 0 atom stereocenters. The van der Waals surface area contributed by atoms with Crippen molar-refractivity contribution in [1.82, 2.24) is 4.98 Å². The third-order valence-corrected chi connectivity index (χ3v) is 2.74. The van der Waals surface area contributed by atoms with E-state index in [4.69, 9.17) is 11.6 Å². The van der Waals surface area contributed by atoms with Gasteiger partial charge >= 0.3 is 0 Å². The molecular formula is C12H10ClNO. The summed E-state index contributed by atoms with van der Waals surface area (Å²) in [5.74, 6) is 0.0503. The molecule has 2 rings (SSSR count). The number of fused-ring (bicyclic) bond motifs is 1. The Morgan fingerprint density at radius 2 is 2.13 bits per heavy atom. The summed E-state index contributed by atoms with van der Waals surface area (Å²) in [6.07, 6.45) is 1.66. The molecule has 76 valence electrons. The fourth-order valence-corrected chi connectivity index (χ4v) is 1.85. The van der Waals surface area contributed by atoms with Crippen LogP contribution in [0.5, 0.6) is 0 Å². The van der Waals surface area contributed by atoms with Crippen molar-refractivity contribution in [3.05, 3.63) is 40.5 Å². The van der Waals surface area contributed by atoms with Crippen LogP contribution in [0.15, 0.2) is 24.4 Å². The van der Waals surface area contributed by atoms with E-state index in [9.17, 15) is 4.79 Å². The van der Waals surface area contributed by atoms with Gasteiger partial charge in [-0.2, -0.15) is 0 Å². The van der Waals surface area contributed by atoms with Crippen molar-refractivity contribution < 1.29 is 4.79 Å². The van der Waals surface area contributed by atoms with Gasteiger partial charge in [0.05, 0.1) is 10.5 Å². The zero-order valence-corrected chi connectivity index (χ0v) is 9.30. The maximum atomic E-state index is 11.4. The first-order chi connectivity index (χ1) is 7.09. The Labute approximate surface area is 92.9 Å². The van der Waals surface area contributed by atoms with Gasteiger partial charge in [0.15, 0.2) is 5.78 Å². The van der Waals surface area contributed by atoms with E-state index in [0.717, 1.165) is 16.5 Å². The highest BCUT2D eigenvalue weighted by atomic mass is 35.5. The normalized spacial score (nSPS) is 10.6. The molecule has 0 spiro atoms. The summed E-state index contributed by atoms with van der Waals surface area (Å²) in [6, 6.07) is 5.42. The van der Waals surface area contributed by atoms with Gasteiger partial charge in [-0.3, -0.25) is 9.78 Å². The number of aryl methyl sites for hydroxylation is 1. The van der Waals surface area contributed by atoms with Gasteiger partial charge in [0.25, 0.3) is 0 Å². The number of rotatable bonds is 1. The first-order valence-electron chi connectivity index (χ1n) is 4.65. The van der Waals surface area contributed by atoms with E-state index in [2.05, 4.69) is 4.98 Å². The lowest BCUT2D eigenvalue weighted by Crippen LogP contribution is -1.96. The van der Waals surface area contributed by atoms with E-state index in [-0.39, 0.29) is 5.78 Å². The fourth-order valence-electron chi connectivity index (χ4n) is 1.64. The molecule has 0 radical (unpaired) electrons. The summed E-state index contributed by atoms with van der Waals surface area (Å²) in [5, 5.41) is 1.46. The summed E-state index contributed by atoms with van der Waals surface area (Å²) in [7, 11) is 0. The van der Waals surface area contributed by atoms with Crippen LogP contribution in [0.2, 0.25) is 5.02 Å². The molecule has 0 aliphatic heterocycles. The summed E-state index contributed by atoms with van der Waals surface area (Å²) in [5.41, 5.74) is 2.46. The molecule has 0 N–H and O–H groups in total. The molecular weight excluding hydrogens is 210 g/mol. The second-order valence-electron chi connectivity index (χ2n) is 3.53. The third kappa shape index (κ3) is 1.73. The number of Topliss-reactive ketones (excluding diaryl/α,β-unsaturated/α-hetero) is 1. The minimum absolute atomic E-state index is 0.0503. The second kappa shape index (κ2) is 3.63. The van der Waals surface area contributed by atoms with Gasteiger partial charge < -0.3 is 0 Å². The van der Waals surface area contributed by atoms with Gasteiger partial charge in [0, 0.05) is 17.1 Å². The molecule has 0 aliphatic carbocycles. The van der Waals surface area contributed by atoms with E-state index >= 15 is 0 Å². The number of carbonyl (C=O) groups is 1. The molecule has 0 bridgehead atoms. The lowest BCUT2D eigenvalue weighted by atomic mass is 10.0. The van der Waals surface area contributed by atoms with Gasteiger partial charge in [-0.15, -0.1) is 0 Å². The van der Waals surface area contributed by atoms with Crippen LogP contribution >= 0.6 is 11.6 Å². The monoisotopic (exact) mass is 219 g/mol. The lowest BCUT2D eigenvalue weighted by molar-refractivity contribution is 0.101. The van der Waals surface area contributed by atoms with Gasteiger partial charge in [-0.1, -0.05) is 11.6 Å². The van der Waals surface area contributed by atoms with Crippen LogP contribution in [0.4, 0.5) is 0 Å². The van der Waals surface area contributed by atoms with Crippen LogP contribution in [-0.2, 0) is 0 Å². The largest absolute Gasteiger partial charge is 0.295 e. The van der Waals surface area contributed by atoms with Crippen molar-refractivity contribution in [2.24, 2.45) is 0 Å². The quantitative estimate of drug-likeness (QED) is 0.688. The van der Waals surface area contributed by atoms with Crippen LogP contribution in [-0.4, -0.2) is 10.8 Å². The summed E-state index contributed by atoms with van der Waals surface area (Å²) >= 11 is 6.03. The topological polar surface area (TPSA) is 30.0 Å². The number of ketones is 1. The molecule has 0 unspecified atom stereocenters. The second-order valence-corrected chi connectivity index (χ2v) is 3.94. The maximum Gasteiger partial charge on any atom is 0.160 e. The van der Waals surface area contributed by atoms with Crippen LogP contribution in [0.25, 0.3) is 10.9 Å². The van der Waals surface area contributed by atoms with E-state index in [0.29, 0.717) is 10.6 Å². The van der Waals surface area contributed by atoms with E-state index in [1.807, 2.05) is 19.1 Å². The minimum Gasteiger partial charge on any atom is -0.295 e. The van der Waals surface area contributed by atoms with E-state index in [1.165, 1.54) is 0 Å². The Bertz CT molecular complexity index is 549. The fraction of sp³-hybridized carbons (Fsp3) is 0.167. The molecule has 2 aromatic rings. The molecule has 1 heterocycles. The van der Waals surface area contributed by atoms with Crippen molar-refractivity contribution in [2.75, 3.05) is 0 Å². The predicted octanol–water partition coefficient (Wildman–Crippen LogP) is 3.40. The van der Waals surface area contributed by atoms with Crippen LogP contribution in [0.3, 0.4) is 0 Å². The Kier molecular flexibility index (Phi) is 2.45. The average Bonchev–Trinajstić information content (AvgIpc) is 2.16. The summed E-state index contributed by atoms with van der Waals surface area (Å²) in [4.78, 5) is 15.6. The highest BCUT2D eigenvalue weighted by molar-refractivity contribution is 6.35. The molecule has 3 heteroatoms. The molecule has 2 nitrogen and oxygen atoms in total. The number of carbonyl (C=O) groups excluding carboxylic acids is 1. The number of benzene rings is 1. The van der Waals surface area contributed by atoms with Crippen LogP contribution < -0.4 is 0 Å². The molecule has 0 amide bonds. The molecule has 15 heavy (non-hydrogen) atoms. The molecule has 1 aromatic heterocycles. The van der Waals surface area contributed by atoms with Gasteiger partial charge in [-0.25, -0.2) is 0 Å². The number of nitrogens with zero attached hydrogens (tertiary/aromatic N) is 1. The van der Waals surface area contributed by atoms with Crippen molar-refractivity contribution in [3.8, 4) is 0 Å². The van der Waals surface area contributed by atoms with Crippen molar-refractivity contribution in [3.63, 3.8) is 0 Å². The molecule has 0 fully saturated rings. The van der Waals surface area contributed by atoms with E-state index in [1.54, 1.807) is 19.2 Å². The SMILES string of the molecule is CC(=O)c1cc2c(Cl)ccnc2cc1C. The zero-order chi connectivity index (χ0) is 11.0.